The molecule has 0 aliphatic carbocycles. The summed E-state index contributed by atoms with van der Waals surface area (Å²) in [5.74, 6) is 0. The van der Waals surface area contributed by atoms with Crippen LogP contribution >= 0.6 is 0 Å². The van der Waals surface area contributed by atoms with E-state index >= 15 is 0 Å². The molecule has 0 fully saturated rings. The molecule has 5 heteroatoms. The van der Waals surface area contributed by atoms with Crippen molar-refractivity contribution in [3.05, 3.63) is 0 Å². The zero-order chi connectivity index (χ0) is 4.50. The molecule has 0 aromatic rings. The van der Waals surface area contributed by atoms with Crippen LogP contribution < -0.4 is 0 Å². The van der Waals surface area contributed by atoms with E-state index in [2.05, 4.69) is 0 Å². The van der Waals surface area contributed by atoms with E-state index < -0.39 is 10.1 Å². The summed E-state index contributed by atoms with van der Waals surface area (Å²) in [6, 6.07) is 0. The average molecular weight is 303 g/mol. The maximum atomic E-state index is 9.19. The van der Waals surface area contributed by atoms with Crippen molar-refractivity contribution in [2.45, 2.75) is 0 Å². The van der Waals surface area contributed by atoms with Crippen LogP contribution in [0.15, 0.2) is 0 Å². The first-order valence-corrected chi connectivity index (χ1v) is 2.77. The minimum Gasteiger partial charge on any atom is -0.286 e. The van der Waals surface area contributed by atoms with Gasteiger partial charge in [-0.25, -0.2) is 0 Å². The Morgan fingerprint density at radius 1 is 1.50 bits per heavy atom. The Hall–Kier alpha value is 0.832. The molecule has 0 aliphatic rings. The van der Waals surface area contributed by atoms with Crippen molar-refractivity contribution < 1.29 is 13.0 Å². The van der Waals surface area contributed by atoms with Crippen LogP contribution in [0.2, 0.25) is 0 Å². The van der Waals surface area contributed by atoms with Crippen molar-refractivity contribution in [3.8, 4) is 0 Å². The molecule has 36 valence electrons. The van der Waals surface area contributed by atoms with Crippen LogP contribution in [0.3, 0.4) is 0 Å². The molecular formula is CH4O3PbS. The fraction of sp³-hybridized carbons (Fsp3) is 1.00. The van der Waals surface area contributed by atoms with Crippen molar-refractivity contribution in [1.29, 1.82) is 0 Å². The van der Waals surface area contributed by atoms with Crippen molar-refractivity contribution in [2.75, 3.05) is 6.26 Å². The quantitative estimate of drug-likeness (QED) is 0.467. The van der Waals surface area contributed by atoms with Gasteiger partial charge in [0.25, 0.3) is 10.1 Å². The predicted octanol–water partition coefficient (Wildman–Crippen LogP) is -0.877. The van der Waals surface area contributed by atoms with Crippen LogP contribution in [0.5, 0.6) is 0 Å². The van der Waals surface area contributed by atoms with Gasteiger partial charge in [0.05, 0.1) is 6.26 Å². The number of hydrogen-bond acceptors (Lipinski definition) is 2. The third-order valence-corrected chi connectivity index (χ3v) is 0. The first-order chi connectivity index (χ1) is 2.00. The summed E-state index contributed by atoms with van der Waals surface area (Å²) in [6.45, 7) is 0. The van der Waals surface area contributed by atoms with Crippen molar-refractivity contribution in [1.82, 2.24) is 0 Å². The van der Waals surface area contributed by atoms with Gasteiger partial charge in [0.2, 0.25) is 0 Å². The molecule has 0 rings (SSSR count). The molecular weight excluding hydrogens is 299 g/mol. The van der Waals surface area contributed by atoms with Gasteiger partial charge in [-0.1, -0.05) is 0 Å². The van der Waals surface area contributed by atoms with Crippen LogP contribution in [0, 0.1) is 0 Å². The predicted molar refractivity (Wildman–Crippen MR) is 23.2 cm³/mol. The Bertz CT molecular complexity index is 94.0. The van der Waals surface area contributed by atoms with Crippen LogP contribution in [0.1, 0.15) is 0 Å². The first-order valence-electron chi connectivity index (χ1n) is 0.924. The molecule has 0 amide bonds. The van der Waals surface area contributed by atoms with E-state index in [0.717, 1.165) is 0 Å². The van der Waals surface area contributed by atoms with Crippen LogP contribution in [0.25, 0.3) is 0 Å². The molecule has 1 N–H and O–H groups in total. The summed E-state index contributed by atoms with van der Waals surface area (Å²) >= 11 is 0. The second-order valence-electron chi connectivity index (χ2n) is 0.733. The molecule has 0 spiro atoms. The molecule has 3 nitrogen and oxygen atoms in total. The summed E-state index contributed by atoms with van der Waals surface area (Å²) in [4.78, 5) is 0. The smallest absolute Gasteiger partial charge is 0.261 e. The third kappa shape index (κ3) is 102. The Kier molecular flexibility index (Phi) is 4.84. The van der Waals surface area contributed by atoms with Gasteiger partial charge in [-0.15, -0.1) is 0 Å². The van der Waals surface area contributed by atoms with Crippen molar-refractivity contribution >= 4 is 37.4 Å². The molecule has 0 unspecified atom stereocenters. The number of rotatable bonds is 0. The fourth-order valence-corrected chi connectivity index (χ4v) is 0. The Morgan fingerprint density at radius 3 is 1.50 bits per heavy atom. The number of hydrogen-bond donors (Lipinski definition) is 1. The van der Waals surface area contributed by atoms with Crippen LogP contribution in [-0.4, -0.2) is 46.5 Å². The fourth-order valence-electron chi connectivity index (χ4n) is 0. The van der Waals surface area contributed by atoms with Gasteiger partial charge in [0, 0.05) is 27.3 Å². The molecule has 0 saturated carbocycles. The molecule has 0 bridgehead atoms. The van der Waals surface area contributed by atoms with E-state index in [1.165, 1.54) is 0 Å². The van der Waals surface area contributed by atoms with E-state index in [0.29, 0.717) is 6.26 Å². The van der Waals surface area contributed by atoms with E-state index in [9.17, 15) is 8.42 Å². The summed E-state index contributed by atoms with van der Waals surface area (Å²) in [7, 11) is -3.67. The summed E-state index contributed by atoms with van der Waals surface area (Å²) in [5, 5.41) is 0. The second kappa shape index (κ2) is 2.92. The van der Waals surface area contributed by atoms with Crippen LogP contribution in [0.4, 0.5) is 0 Å². The van der Waals surface area contributed by atoms with E-state index in [1.54, 1.807) is 0 Å². The van der Waals surface area contributed by atoms with Gasteiger partial charge in [-0.3, -0.25) is 4.55 Å². The SMILES string of the molecule is CS(=O)(=O)O.[Pb]. The van der Waals surface area contributed by atoms with Crippen molar-refractivity contribution in [2.24, 2.45) is 0 Å². The third-order valence-electron chi connectivity index (χ3n) is 0. The monoisotopic (exact) mass is 304 g/mol. The Morgan fingerprint density at radius 2 is 1.50 bits per heavy atom. The van der Waals surface area contributed by atoms with E-state index in [-0.39, 0.29) is 27.3 Å². The average Bonchev–Trinajstić information content (AvgIpc) is 0.722. The maximum Gasteiger partial charge on any atom is 0.261 e. The normalized spacial score (nSPS) is 9.67. The molecule has 4 radical (unpaired) electrons. The summed E-state index contributed by atoms with van der Waals surface area (Å²) in [5.41, 5.74) is 0. The van der Waals surface area contributed by atoms with Gasteiger partial charge in [-0.05, 0) is 0 Å². The molecule has 0 aliphatic heterocycles. The van der Waals surface area contributed by atoms with Gasteiger partial charge >= 0.3 is 0 Å². The molecule has 6 heavy (non-hydrogen) atoms. The van der Waals surface area contributed by atoms with E-state index in [4.69, 9.17) is 4.55 Å². The van der Waals surface area contributed by atoms with Crippen LogP contribution in [-0.2, 0) is 10.1 Å². The summed E-state index contributed by atoms with van der Waals surface area (Å²) < 4.78 is 25.9. The molecule has 0 atom stereocenters. The van der Waals surface area contributed by atoms with Gasteiger partial charge in [0.1, 0.15) is 0 Å². The minimum atomic E-state index is -3.67. The zero-order valence-electron chi connectivity index (χ0n) is 3.17. The van der Waals surface area contributed by atoms with Gasteiger partial charge in [-0.2, -0.15) is 8.42 Å². The molecule has 0 heterocycles. The van der Waals surface area contributed by atoms with Crippen molar-refractivity contribution in [3.63, 3.8) is 0 Å². The Labute approximate surface area is 56.7 Å². The van der Waals surface area contributed by atoms with Gasteiger partial charge in [0.15, 0.2) is 0 Å². The standard InChI is InChI=1S/CH4O3S.Pb/c1-5(2,3)4;/h1H3,(H,2,3,4);. The first kappa shape index (κ1) is 9.95. The topological polar surface area (TPSA) is 54.4 Å². The molecule has 0 saturated heterocycles. The second-order valence-corrected chi connectivity index (χ2v) is 2.20. The molecule has 0 aromatic heterocycles. The maximum absolute atomic E-state index is 9.19. The zero-order valence-corrected chi connectivity index (χ0v) is 7.88. The van der Waals surface area contributed by atoms with E-state index in [1.807, 2.05) is 0 Å². The Balaban J connectivity index is 0. The minimum absolute atomic E-state index is 0. The largest absolute Gasteiger partial charge is 0.286 e. The summed E-state index contributed by atoms with van der Waals surface area (Å²) in [6.07, 6.45) is 0.715. The molecule has 0 aromatic carbocycles. The van der Waals surface area contributed by atoms with Gasteiger partial charge < -0.3 is 0 Å².